The van der Waals surface area contributed by atoms with Crippen LogP contribution in [0.4, 0.5) is 5.13 Å². The summed E-state index contributed by atoms with van der Waals surface area (Å²) in [4.78, 5) is 18.4. The van der Waals surface area contributed by atoms with E-state index in [0.717, 1.165) is 18.2 Å². The first kappa shape index (κ1) is 13.6. The smallest absolute Gasteiger partial charge is 0.351 e. The molecule has 0 unspecified atom stereocenters. The van der Waals surface area contributed by atoms with Gasteiger partial charge in [-0.3, -0.25) is 0 Å². The van der Waals surface area contributed by atoms with E-state index in [4.69, 9.17) is 11.6 Å². The van der Waals surface area contributed by atoms with Gasteiger partial charge in [-0.2, -0.15) is 0 Å². The van der Waals surface area contributed by atoms with Gasteiger partial charge in [0.05, 0.1) is 7.11 Å². The standard InChI is InChI=1S/C12H17ClN2O2S/c1-7-4-8(2)6-15(5-7)12-14-10(13)9(18-12)11(16)17-3/h7-8H,4-6H2,1-3H3/t7-,8+. The van der Waals surface area contributed by atoms with Crippen molar-refractivity contribution in [3.8, 4) is 0 Å². The molecule has 1 aliphatic rings. The molecule has 1 aliphatic heterocycles. The molecule has 6 heteroatoms. The molecular weight excluding hydrogens is 272 g/mol. The number of anilines is 1. The Balaban J connectivity index is 2.21. The summed E-state index contributed by atoms with van der Waals surface area (Å²) >= 11 is 7.29. The molecule has 0 aliphatic carbocycles. The zero-order valence-electron chi connectivity index (χ0n) is 10.8. The maximum absolute atomic E-state index is 11.5. The van der Waals surface area contributed by atoms with Gasteiger partial charge in [-0.05, 0) is 18.3 Å². The van der Waals surface area contributed by atoms with Gasteiger partial charge in [0.25, 0.3) is 0 Å². The van der Waals surface area contributed by atoms with E-state index in [1.807, 2.05) is 0 Å². The zero-order chi connectivity index (χ0) is 13.3. The average molecular weight is 289 g/mol. The minimum absolute atomic E-state index is 0.243. The third-order valence-electron chi connectivity index (χ3n) is 3.08. The molecular formula is C12H17ClN2O2S. The largest absolute Gasteiger partial charge is 0.465 e. The summed E-state index contributed by atoms with van der Waals surface area (Å²) < 4.78 is 4.69. The topological polar surface area (TPSA) is 42.4 Å². The van der Waals surface area contributed by atoms with Gasteiger partial charge in [0.15, 0.2) is 15.2 Å². The van der Waals surface area contributed by atoms with E-state index >= 15 is 0 Å². The second kappa shape index (κ2) is 5.45. The van der Waals surface area contributed by atoms with Crippen LogP contribution < -0.4 is 4.90 Å². The molecule has 0 saturated carbocycles. The van der Waals surface area contributed by atoms with Gasteiger partial charge in [0.2, 0.25) is 0 Å². The van der Waals surface area contributed by atoms with Crippen molar-refractivity contribution in [1.82, 2.24) is 4.98 Å². The van der Waals surface area contributed by atoms with Crippen molar-refractivity contribution in [3.05, 3.63) is 10.0 Å². The van der Waals surface area contributed by atoms with E-state index in [9.17, 15) is 4.79 Å². The number of carbonyl (C=O) groups excluding carboxylic acids is 1. The van der Waals surface area contributed by atoms with Gasteiger partial charge in [-0.1, -0.05) is 36.8 Å². The molecule has 1 aromatic rings. The van der Waals surface area contributed by atoms with E-state index in [0.29, 0.717) is 16.7 Å². The van der Waals surface area contributed by atoms with E-state index < -0.39 is 5.97 Å². The Hall–Kier alpha value is -0.810. The number of carbonyl (C=O) groups is 1. The molecule has 1 saturated heterocycles. The Morgan fingerprint density at radius 2 is 2.06 bits per heavy atom. The highest BCUT2D eigenvalue weighted by Gasteiger charge is 2.26. The first-order valence-electron chi connectivity index (χ1n) is 6.00. The van der Waals surface area contributed by atoms with Crippen LogP contribution in [0.3, 0.4) is 0 Å². The van der Waals surface area contributed by atoms with Crippen LogP contribution in [-0.2, 0) is 4.74 Å². The predicted octanol–water partition coefficient (Wildman–Crippen LogP) is 3.07. The second-order valence-corrected chi connectivity index (χ2v) is 6.29. The van der Waals surface area contributed by atoms with Crippen molar-refractivity contribution in [2.45, 2.75) is 20.3 Å². The van der Waals surface area contributed by atoms with Crippen molar-refractivity contribution in [2.75, 3.05) is 25.1 Å². The van der Waals surface area contributed by atoms with Crippen molar-refractivity contribution in [1.29, 1.82) is 0 Å². The molecule has 0 N–H and O–H groups in total. The Kier molecular flexibility index (Phi) is 4.12. The summed E-state index contributed by atoms with van der Waals surface area (Å²) in [6.07, 6.45) is 1.24. The molecule has 2 heterocycles. The van der Waals surface area contributed by atoms with Gasteiger partial charge >= 0.3 is 5.97 Å². The molecule has 18 heavy (non-hydrogen) atoms. The molecule has 1 fully saturated rings. The summed E-state index contributed by atoms with van der Waals surface area (Å²) in [5.74, 6) is 0.859. The quantitative estimate of drug-likeness (QED) is 0.785. The van der Waals surface area contributed by atoms with Gasteiger partial charge in [0.1, 0.15) is 0 Å². The fourth-order valence-electron chi connectivity index (χ4n) is 2.46. The maximum Gasteiger partial charge on any atom is 0.351 e. The fourth-order valence-corrected chi connectivity index (χ4v) is 3.68. The number of hydrogen-bond acceptors (Lipinski definition) is 5. The number of aromatic nitrogens is 1. The lowest BCUT2D eigenvalue weighted by molar-refractivity contribution is 0.0606. The van der Waals surface area contributed by atoms with Crippen LogP contribution in [0.2, 0.25) is 5.15 Å². The predicted molar refractivity (Wildman–Crippen MR) is 73.6 cm³/mol. The van der Waals surface area contributed by atoms with Gasteiger partial charge in [-0.15, -0.1) is 0 Å². The lowest BCUT2D eigenvalue weighted by atomic mass is 9.92. The minimum Gasteiger partial charge on any atom is -0.465 e. The summed E-state index contributed by atoms with van der Waals surface area (Å²) in [6, 6.07) is 0. The molecule has 0 bridgehead atoms. The average Bonchev–Trinajstić information content (AvgIpc) is 2.69. The van der Waals surface area contributed by atoms with Crippen LogP contribution in [0.15, 0.2) is 0 Å². The Bertz CT molecular complexity index is 439. The normalized spacial score (nSPS) is 24.1. The van der Waals surface area contributed by atoms with Crippen molar-refractivity contribution >= 4 is 34.0 Å². The van der Waals surface area contributed by atoms with E-state index in [1.54, 1.807) is 0 Å². The highest BCUT2D eigenvalue weighted by Crippen LogP contribution is 2.33. The summed E-state index contributed by atoms with van der Waals surface area (Å²) in [5.41, 5.74) is 0. The molecule has 0 spiro atoms. The van der Waals surface area contributed by atoms with Gasteiger partial charge < -0.3 is 9.64 Å². The number of hydrogen-bond donors (Lipinski definition) is 0. The fraction of sp³-hybridized carbons (Fsp3) is 0.667. The third-order valence-corrected chi connectivity index (χ3v) is 4.57. The Morgan fingerprint density at radius 3 is 2.61 bits per heavy atom. The highest BCUT2D eigenvalue weighted by atomic mass is 35.5. The number of nitrogens with zero attached hydrogens (tertiary/aromatic N) is 2. The van der Waals surface area contributed by atoms with Crippen molar-refractivity contribution in [2.24, 2.45) is 11.8 Å². The molecule has 0 radical (unpaired) electrons. The number of esters is 1. The first-order valence-corrected chi connectivity index (χ1v) is 7.20. The monoisotopic (exact) mass is 288 g/mol. The number of thiazole rings is 1. The number of rotatable bonds is 2. The minimum atomic E-state index is -0.415. The molecule has 2 rings (SSSR count). The van der Waals surface area contributed by atoms with Crippen molar-refractivity contribution < 1.29 is 9.53 Å². The number of halogens is 1. The summed E-state index contributed by atoms with van der Waals surface area (Å²) in [5, 5.41) is 1.06. The van der Waals surface area contributed by atoms with Crippen LogP contribution in [0.1, 0.15) is 29.9 Å². The van der Waals surface area contributed by atoms with E-state index in [1.165, 1.54) is 24.9 Å². The number of methoxy groups -OCH3 is 1. The summed E-state index contributed by atoms with van der Waals surface area (Å²) in [6.45, 7) is 6.40. The maximum atomic E-state index is 11.5. The lowest BCUT2D eigenvalue weighted by Crippen LogP contribution is -2.38. The third kappa shape index (κ3) is 2.78. The molecule has 2 atom stereocenters. The number of ether oxygens (including phenoxy) is 1. The number of piperidine rings is 1. The molecule has 1 aromatic heterocycles. The summed E-state index contributed by atoms with van der Waals surface area (Å²) in [7, 11) is 1.35. The van der Waals surface area contributed by atoms with Crippen LogP contribution >= 0.6 is 22.9 Å². The Morgan fingerprint density at radius 1 is 1.44 bits per heavy atom. The molecule has 0 aromatic carbocycles. The first-order chi connectivity index (χ1) is 8.51. The molecule has 100 valence electrons. The highest BCUT2D eigenvalue weighted by molar-refractivity contribution is 7.18. The van der Waals surface area contributed by atoms with Crippen LogP contribution in [-0.4, -0.2) is 31.2 Å². The second-order valence-electron chi connectivity index (χ2n) is 4.96. The lowest BCUT2D eigenvalue weighted by Gasteiger charge is -2.34. The van der Waals surface area contributed by atoms with Crippen LogP contribution in [0.25, 0.3) is 0 Å². The molecule has 0 amide bonds. The molecule has 4 nitrogen and oxygen atoms in total. The van der Waals surface area contributed by atoms with E-state index in [-0.39, 0.29) is 5.15 Å². The van der Waals surface area contributed by atoms with Gasteiger partial charge in [0, 0.05) is 13.1 Å². The zero-order valence-corrected chi connectivity index (χ0v) is 12.3. The van der Waals surface area contributed by atoms with Gasteiger partial charge in [-0.25, -0.2) is 9.78 Å². The Labute approximate surface area is 116 Å². The van der Waals surface area contributed by atoms with Crippen LogP contribution in [0.5, 0.6) is 0 Å². The van der Waals surface area contributed by atoms with Crippen LogP contribution in [0, 0.1) is 11.8 Å². The van der Waals surface area contributed by atoms with Crippen molar-refractivity contribution in [3.63, 3.8) is 0 Å². The van der Waals surface area contributed by atoms with E-state index in [2.05, 4.69) is 28.5 Å². The SMILES string of the molecule is COC(=O)c1sc(N2C[C@H](C)C[C@H](C)C2)nc1Cl.